The van der Waals surface area contributed by atoms with Crippen molar-refractivity contribution in [1.82, 2.24) is 5.32 Å². The Morgan fingerprint density at radius 2 is 2.38 bits per heavy atom. The normalized spacial score (nSPS) is 25.4. The zero-order valence-electron chi connectivity index (χ0n) is 5.41. The van der Waals surface area contributed by atoms with Crippen LogP contribution in [-0.4, -0.2) is 6.54 Å². The molecule has 46 valence electrons. The monoisotopic (exact) mass is 111 g/mol. The summed E-state index contributed by atoms with van der Waals surface area (Å²) < 4.78 is 0. The third-order valence-corrected chi connectivity index (χ3v) is 1.57. The molecule has 1 aliphatic rings. The van der Waals surface area contributed by atoms with Crippen molar-refractivity contribution in [1.29, 1.82) is 0 Å². The molecule has 1 heteroatoms. The maximum atomic E-state index is 3.33. The van der Waals surface area contributed by atoms with Crippen LogP contribution < -0.4 is 5.32 Å². The summed E-state index contributed by atoms with van der Waals surface area (Å²) in [7, 11) is 0. The van der Waals surface area contributed by atoms with E-state index in [4.69, 9.17) is 0 Å². The van der Waals surface area contributed by atoms with E-state index in [1.807, 2.05) is 0 Å². The summed E-state index contributed by atoms with van der Waals surface area (Å²) in [5, 5.41) is 3.33. The van der Waals surface area contributed by atoms with Crippen LogP contribution >= 0.6 is 0 Å². The zero-order chi connectivity index (χ0) is 5.82. The Balaban J connectivity index is 2.33. The van der Waals surface area contributed by atoms with Crippen LogP contribution in [0.3, 0.4) is 0 Å². The van der Waals surface area contributed by atoms with Gasteiger partial charge in [0.2, 0.25) is 0 Å². The van der Waals surface area contributed by atoms with E-state index in [0.717, 1.165) is 0 Å². The van der Waals surface area contributed by atoms with Crippen LogP contribution in [0, 0.1) is 0 Å². The van der Waals surface area contributed by atoms with E-state index in [0.29, 0.717) is 0 Å². The molecular formula is C7H13N. The van der Waals surface area contributed by atoms with E-state index >= 15 is 0 Å². The molecule has 0 aromatic rings. The highest BCUT2D eigenvalue weighted by molar-refractivity contribution is 4.99. The lowest BCUT2D eigenvalue weighted by Gasteiger charge is -2.15. The van der Waals surface area contributed by atoms with Crippen LogP contribution in [0.25, 0.3) is 0 Å². The van der Waals surface area contributed by atoms with Gasteiger partial charge in [-0.3, -0.25) is 0 Å². The number of nitrogens with one attached hydrogen (secondary N) is 1. The molecule has 0 radical (unpaired) electrons. The average Bonchev–Trinajstić information content (AvgIpc) is 1.90. The molecule has 1 saturated heterocycles. The van der Waals surface area contributed by atoms with Gasteiger partial charge in [-0.25, -0.2) is 0 Å². The number of piperidine rings is 1. The zero-order valence-corrected chi connectivity index (χ0v) is 5.41. The summed E-state index contributed by atoms with van der Waals surface area (Å²) in [5.74, 6) is 0. The Morgan fingerprint density at radius 1 is 1.50 bits per heavy atom. The smallest absolute Gasteiger partial charge is 0.0143 e. The molecule has 0 amide bonds. The van der Waals surface area contributed by atoms with Gasteiger partial charge in [0.1, 0.15) is 0 Å². The van der Waals surface area contributed by atoms with E-state index in [1.54, 1.807) is 0 Å². The van der Waals surface area contributed by atoms with Crippen molar-refractivity contribution in [2.24, 2.45) is 0 Å². The molecular weight excluding hydrogens is 98.1 g/mol. The second-order valence-corrected chi connectivity index (χ2v) is 2.20. The minimum absolute atomic E-state index is 1.18. The fourth-order valence-corrected chi connectivity index (χ4v) is 1.02. The number of hydrogen-bond donors (Lipinski definition) is 1. The van der Waals surface area contributed by atoms with Gasteiger partial charge in [0.25, 0.3) is 0 Å². The quantitative estimate of drug-likeness (QED) is 0.501. The molecule has 1 N–H and O–H groups in total. The first-order chi connectivity index (χ1) is 3.93. The highest BCUT2D eigenvalue weighted by atomic mass is 14.9. The van der Waals surface area contributed by atoms with Crippen LogP contribution in [0.5, 0.6) is 0 Å². The second kappa shape index (κ2) is 2.75. The fourth-order valence-electron chi connectivity index (χ4n) is 1.02. The van der Waals surface area contributed by atoms with Crippen molar-refractivity contribution in [3.8, 4) is 0 Å². The molecule has 0 aliphatic carbocycles. The minimum atomic E-state index is 1.18. The molecule has 1 heterocycles. The molecule has 0 atom stereocenters. The van der Waals surface area contributed by atoms with Gasteiger partial charge in [0, 0.05) is 12.2 Å². The number of hydrogen-bond acceptors (Lipinski definition) is 1. The summed E-state index contributed by atoms with van der Waals surface area (Å²) >= 11 is 0. The molecule has 0 aromatic carbocycles. The van der Waals surface area contributed by atoms with Crippen molar-refractivity contribution < 1.29 is 0 Å². The van der Waals surface area contributed by atoms with Crippen LogP contribution in [0.2, 0.25) is 0 Å². The third kappa shape index (κ3) is 1.25. The van der Waals surface area contributed by atoms with Gasteiger partial charge in [-0.1, -0.05) is 6.08 Å². The SMILES string of the molecule is C/C=C1/CCCCN1. The Labute approximate surface area is 50.8 Å². The predicted octanol–water partition coefficient (Wildman–Crippen LogP) is 1.66. The maximum absolute atomic E-state index is 3.33. The Hall–Kier alpha value is -0.460. The molecule has 1 rings (SSSR count). The van der Waals surface area contributed by atoms with Gasteiger partial charge < -0.3 is 5.32 Å². The van der Waals surface area contributed by atoms with Gasteiger partial charge in [0.05, 0.1) is 0 Å². The van der Waals surface area contributed by atoms with E-state index < -0.39 is 0 Å². The van der Waals surface area contributed by atoms with Gasteiger partial charge >= 0.3 is 0 Å². The van der Waals surface area contributed by atoms with Crippen molar-refractivity contribution in [2.75, 3.05) is 6.54 Å². The standard InChI is InChI=1S/C7H13N/c1-2-7-5-3-4-6-8-7/h2,8H,3-6H2,1H3/b7-2-. The molecule has 0 aromatic heterocycles. The average molecular weight is 111 g/mol. The molecule has 1 nitrogen and oxygen atoms in total. The predicted molar refractivity (Wildman–Crippen MR) is 35.6 cm³/mol. The first kappa shape index (κ1) is 5.67. The lowest BCUT2D eigenvalue weighted by atomic mass is 10.1. The maximum Gasteiger partial charge on any atom is 0.0143 e. The minimum Gasteiger partial charge on any atom is -0.389 e. The first-order valence-electron chi connectivity index (χ1n) is 3.32. The fraction of sp³-hybridized carbons (Fsp3) is 0.714. The largest absolute Gasteiger partial charge is 0.389 e. The van der Waals surface area contributed by atoms with E-state index in [1.165, 1.54) is 31.5 Å². The molecule has 0 bridgehead atoms. The van der Waals surface area contributed by atoms with Crippen LogP contribution in [-0.2, 0) is 0 Å². The van der Waals surface area contributed by atoms with Crippen molar-refractivity contribution in [3.63, 3.8) is 0 Å². The van der Waals surface area contributed by atoms with Crippen LogP contribution in [0.4, 0.5) is 0 Å². The van der Waals surface area contributed by atoms with E-state index in [9.17, 15) is 0 Å². The van der Waals surface area contributed by atoms with Crippen LogP contribution in [0.1, 0.15) is 26.2 Å². The van der Waals surface area contributed by atoms with Crippen LogP contribution in [0.15, 0.2) is 11.8 Å². The van der Waals surface area contributed by atoms with Gasteiger partial charge in [0.15, 0.2) is 0 Å². The van der Waals surface area contributed by atoms with Crippen molar-refractivity contribution >= 4 is 0 Å². The summed E-state index contributed by atoms with van der Waals surface area (Å²) in [6.07, 6.45) is 6.14. The highest BCUT2D eigenvalue weighted by Crippen LogP contribution is 2.08. The molecule has 0 saturated carbocycles. The molecule has 0 spiro atoms. The Bertz CT molecular complexity index is 86.6. The summed E-state index contributed by atoms with van der Waals surface area (Å²) in [4.78, 5) is 0. The van der Waals surface area contributed by atoms with Gasteiger partial charge in [-0.15, -0.1) is 0 Å². The first-order valence-corrected chi connectivity index (χ1v) is 3.32. The van der Waals surface area contributed by atoms with Crippen molar-refractivity contribution in [2.45, 2.75) is 26.2 Å². The summed E-state index contributed by atoms with van der Waals surface area (Å²) in [6, 6.07) is 0. The lowest BCUT2D eigenvalue weighted by molar-refractivity contribution is 0.587. The van der Waals surface area contributed by atoms with E-state index in [-0.39, 0.29) is 0 Å². The molecule has 1 fully saturated rings. The van der Waals surface area contributed by atoms with E-state index in [2.05, 4.69) is 18.3 Å². The Kier molecular flexibility index (Phi) is 1.95. The lowest BCUT2D eigenvalue weighted by Crippen LogP contribution is -2.19. The van der Waals surface area contributed by atoms with Gasteiger partial charge in [-0.2, -0.15) is 0 Å². The third-order valence-electron chi connectivity index (χ3n) is 1.57. The second-order valence-electron chi connectivity index (χ2n) is 2.20. The molecule has 1 aliphatic heterocycles. The summed E-state index contributed by atoms with van der Waals surface area (Å²) in [5.41, 5.74) is 1.43. The van der Waals surface area contributed by atoms with Crippen molar-refractivity contribution in [3.05, 3.63) is 11.8 Å². The Morgan fingerprint density at radius 3 is 2.75 bits per heavy atom. The number of allylic oxidation sites excluding steroid dienone is 2. The number of rotatable bonds is 0. The topological polar surface area (TPSA) is 12.0 Å². The van der Waals surface area contributed by atoms with Gasteiger partial charge in [-0.05, 0) is 26.2 Å². The highest BCUT2D eigenvalue weighted by Gasteiger charge is 2.00. The molecule has 0 unspecified atom stereocenters. The molecule has 8 heavy (non-hydrogen) atoms. The summed E-state index contributed by atoms with van der Waals surface area (Å²) in [6.45, 7) is 3.27.